The van der Waals surface area contributed by atoms with Crippen molar-refractivity contribution in [3.05, 3.63) is 35.9 Å². The minimum Gasteiger partial charge on any atom is -0.0654 e. The van der Waals surface area contributed by atoms with Crippen LogP contribution in [-0.2, 0) is 0 Å². The molecule has 2 heteroatoms. The van der Waals surface area contributed by atoms with E-state index >= 15 is 0 Å². The van der Waals surface area contributed by atoms with Crippen LogP contribution in [0.25, 0.3) is 0 Å². The van der Waals surface area contributed by atoms with E-state index in [1.54, 1.807) is 41.8 Å². The molecule has 0 amide bonds. The van der Waals surface area contributed by atoms with Gasteiger partial charge in [0.2, 0.25) is 0 Å². The highest BCUT2D eigenvalue weighted by atomic mass is 28.4. The Hall–Kier alpha value is -0.346. The van der Waals surface area contributed by atoms with Crippen molar-refractivity contribution in [2.24, 2.45) is 0 Å². The summed E-state index contributed by atoms with van der Waals surface area (Å²) < 4.78 is 0. The molecular formula is C31H60Si2. The molecule has 0 unspecified atom stereocenters. The highest BCUT2D eigenvalue weighted by molar-refractivity contribution is 6.99. The lowest BCUT2D eigenvalue weighted by Crippen LogP contribution is -2.56. The van der Waals surface area contributed by atoms with E-state index in [1.807, 2.05) is 0 Å². The molecule has 0 N–H and O–H groups in total. The first kappa shape index (κ1) is 30.7. The van der Waals surface area contributed by atoms with Crippen LogP contribution in [0.4, 0.5) is 0 Å². The van der Waals surface area contributed by atoms with E-state index in [9.17, 15) is 0 Å². The van der Waals surface area contributed by atoms with Crippen LogP contribution >= 0.6 is 0 Å². The molecule has 0 aliphatic rings. The van der Waals surface area contributed by atoms with Crippen molar-refractivity contribution in [3.63, 3.8) is 0 Å². The molecule has 1 aromatic rings. The third-order valence-electron chi connectivity index (χ3n) is 8.53. The molecule has 0 radical (unpaired) electrons. The minimum atomic E-state index is -1.45. The number of unbranched alkanes of at least 4 members (excludes halogenated alkanes) is 6. The fraction of sp³-hybridized carbons (Fsp3) is 0.806. The Bertz CT molecular complexity index is 492. The minimum absolute atomic E-state index is 0.987. The summed E-state index contributed by atoms with van der Waals surface area (Å²) in [6.45, 7) is 14.6. The molecule has 0 atom stereocenters. The van der Waals surface area contributed by atoms with Gasteiger partial charge >= 0.3 is 0 Å². The van der Waals surface area contributed by atoms with Crippen molar-refractivity contribution in [2.75, 3.05) is 0 Å². The number of hydrogen-bond donors (Lipinski definition) is 0. The summed E-state index contributed by atoms with van der Waals surface area (Å²) >= 11 is 0. The number of rotatable bonds is 21. The quantitative estimate of drug-likeness (QED) is 0.151. The van der Waals surface area contributed by atoms with Gasteiger partial charge in [0, 0.05) is 0 Å². The lowest BCUT2D eigenvalue weighted by Gasteiger charge is -2.51. The summed E-state index contributed by atoms with van der Waals surface area (Å²) in [6.07, 6.45) is 17.1. The number of hydrogen-bond acceptors (Lipinski definition) is 0. The van der Waals surface area contributed by atoms with Crippen LogP contribution in [0.15, 0.2) is 30.3 Å². The molecule has 0 heterocycles. The van der Waals surface area contributed by atoms with E-state index in [0.717, 1.165) is 5.16 Å². The van der Waals surface area contributed by atoms with E-state index in [2.05, 4.69) is 71.9 Å². The van der Waals surface area contributed by atoms with Gasteiger partial charge in [-0.05, 0) is 5.16 Å². The molecule has 0 aliphatic carbocycles. The summed E-state index contributed by atoms with van der Waals surface area (Å²) in [5.74, 6) is 0. The van der Waals surface area contributed by atoms with E-state index in [0.29, 0.717) is 0 Å². The standard InChI is InChI=1S/C31H60Si2/c1-7-13-24-32(25-14-8-2,26-15-9-3)31(30-22-20-19-21-23-30)33(27-16-10-4,28-17-11-5)29-18-12-6/h19-23,31H,7-18,24-29H2,1-6H3. The lowest BCUT2D eigenvalue weighted by molar-refractivity contribution is 0.750. The van der Waals surface area contributed by atoms with Gasteiger partial charge < -0.3 is 0 Å². The van der Waals surface area contributed by atoms with Crippen LogP contribution < -0.4 is 0 Å². The van der Waals surface area contributed by atoms with Crippen molar-refractivity contribution >= 4 is 16.1 Å². The third kappa shape index (κ3) is 9.67. The second kappa shape index (κ2) is 18.0. The maximum absolute atomic E-state index is 2.59. The van der Waals surface area contributed by atoms with Crippen molar-refractivity contribution in [1.29, 1.82) is 0 Å². The summed E-state index contributed by atoms with van der Waals surface area (Å²) in [5.41, 5.74) is 1.79. The fourth-order valence-corrected chi connectivity index (χ4v) is 26.0. The van der Waals surface area contributed by atoms with Crippen molar-refractivity contribution in [1.82, 2.24) is 0 Å². The topological polar surface area (TPSA) is 0 Å². The van der Waals surface area contributed by atoms with Gasteiger partial charge in [0.15, 0.2) is 0 Å². The Kier molecular flexibility index (Phi) is 16.7. The van der Waals surface area contributed by atoms with E-state index in [1.165, 1.54) is 77.0 Å². The Morgan fingerprint density at radius 1 is 0.455 bits per heavy atom. The first-order chi connectivity index (χ1) is 16.1. The molecule has 0 bridgehead atoms. The van der Waals surface area contributed by atoms with Gasteiger partial charge in [0.1, 0.15) is 0 Å². The molecule has 0 nitrogen and oxygen atoms in total. The lowest BCUT2D eigenvalue weighted by atomic mass is 10.2. The molecule has 192 valence electrons. The first-order valence-electron chi connectivity index (χ1n) is 15.1. The summed E-state index contributed by atoms with van der Waals surface area (Å²) in [4.78, 5) is 0. The number of benzene rings is 1. The largest absolute Gasteiger partial charge is 0.0654 e. The molecular weight excluding hydrogens is 429 g/mol. The van der Waals surface area contributed by atoms with Crippen LogP contribution in [0, 0.1) is 0 Å². The zero-order valence-corrected chi connectivity index (χ0v) is 25.7. The zero-order chi connectivity index (χ0) is 24.4. The van der Waals surface area contributed by atoms with Gasteiger partial charge in [-0.1, -0.05) is 191 Å². The third-order valence-corrected chi connectivity index (χ3v) is 23.4. The van der Waals surface area contributed by atoms with Gasteiger partial charge in [-0.2, -0.15) is 0 Å². The van der Waals surface area contributed by atoms with Crippen LogP contribution in [0.1, 0.15) is 129 Å². The molecule has 0 fully saturated rings. The molecule has 33 heavy (non-hydrogen) atoms. The average Bonchev–Trinajstić information content (AvgIpc) is 2.86. The Morgan fingerprint density at radius 3 is 0.970 bits per heavy atom. The average molecular weight is 489 g/mol. The molecule has 0 saturated heterocycles. The SMILES string of the molecule is CCCC[Si](CCCC)(CCCC)C(c1ccccc1)[Si](CCCC)(CCCC)CCCC. The molecule has 0 aliphatic heterocycles. The Balaban J connectivity index is 3.78. The Labute approximate surface area is 211 Å². The second-order valence-corrected chi connectivity index (χ2v) is 21.4. The molecule has 1 aromatic carbocycles. The molecule has 0 aromatic heterocycles. The van der Waals surface area contributed by atoms with E-state index in [4.69, 9.17) is 0 Å². The van der Waals surface area contributed by atoms with Gasteiger partial charge in [-0.15, -0.1) is 0 Å². The van der Waals surface area contributed by atoms with E-state index < -0.39 is 16.1 Å². The van der Waals surface area contributed by atoms with Crippen molar-refractivity contribution in [2.45, 2.75) is 160 Å². The summed E-state index contributed by atoms with van der Waals surface area (Å²) in [5, 5.41) is 0.987. The van der Waals surface area contributed by atoms with Gasteiger partial charge in [-0.25, -0.2) is 0 Å². The van der Waals surface area contributed by atoms with Crippen LogP contribution in [-0.4, -0.2) is 16.1 Å². The predicted molar refractivity (Wildman–Crippen MR) is 159 cm³/mol. The van der Waals surface area contributed by atoms with Crippen LogP contribution in [0.2, 0.25) is 36.3 Å². The Morgan fingerprint density at radius 2 is 0.727 bits per heavy atom. The molecule has 0 spiro atoms. The fourth-order valence-electron chi connectivity index (χ4n) is 6.79. The monoisotopic (exact) mass is 488 g/mol. The highest BCUT2D eigenvalue weighted by Crippen LogP contribution is 2.50. The molecule has 1 rings (SSSR count). The second-order valence-electron chi connectivity index (χ2n) is 11.2. The molecule has 0 saturated carbocycles. The van der Waals surface area contributed by atoms with E-state index in [-0.39, 0.29) is 0 Å². The summed E-state index contributed by atoms with van der Waals surface area (Å²) in [6, 6.07) is 21.8. The van der Waals surface area contributed by atoms with Gasteiger partial charge in [0.05, 0.1) is 16.1 Å². The highest BCUT2D eigenvalue weighted by Gasteiger charge is 2.51. The smallest absolute Gasteiger partial charge is 0.0585 e. The van der Waals surface area contributed by atoms with Gasteiger partial charge in [-0.3, -0.25) is 0 Å². The maximum atomic E-state index is 2.59. The normalized spacial score (nSPS) is 12.6. The van der Waals surface area contributed by atoms with Crippen LogP contribution in [0.3, 0.4) is 0 Å². The van der Waals surface area contributed by atoms with Gasteiger partial charge in [0.25, 0.3) is 0 Å². The maximum Gasteiger partial charge on any atom is 0.0585 e. The first-order valence-corrected chi connectivity index (χ1v) is 20.5. The zero-order valence-electron chi connectivity index (χ0n) is 23.7. The van der Waals surface area contributed by atoms with Crippen LogP contribution in [0.5, 0.6) is 0 Å². The summed E-state index contributed by atoms with van der Waals surface area (Å²) in [7, 11) is -2.90. The van der Waals surface area contributed by atoms with Crippen molar-refractivity contribution < 1.29 is 0 Å². The predicted octanol–water partition coefficient (Wildman–Crippen LogP) is 11.5. The van der Waals surface area contributed by atoms with Crippen molar-refractivity contribution in [3.8, 4) is 0 Å².